The molecule has 6 heteroatoms. The molecular formula is C16H25N3O2S. The highest BCUT2D eigenvalue weighted by molar-refractivity contribution is 7.09. The van der Waals surface area contributed by atoms with Crippen molar-refractivity contribution < 1.29 is 9.59 Å². The van der Waals surface area contributed by atoms with E-state index in [1.54, 1.807) is 18.3 Å². The summed E-state index contributed by atoms with van der Waals surface area (Å²) in [5.41, 5.74) is 0. The molecule has 22 heavy (non-hydrogen) atoms. The molecule has 1 saturated heterocycles. The highest BCUT2D eigenvalue weighted by Crippen LogP contribution is 2.19. The Bertz CT molecular complexity index is 476. The van der Waals surface area contributed by atoms with Gasteiger partial charge in [0.15, 0.2) is 0 Å². The first-order chi connectivity index (χ1) is 10.7. The van der Waals surface area contributed by atoms with Gasteiger partial charge in [0.05, 0.1) is 6.54 Å². The van der Waals surface area contributed by atoms with Crippen LogP contribution in [-0.2, 0) is 16.1 Å². The molecule has 0 radical (unpaired) electrons. The van der Waals surface area contributed by atoms with Gasteiger partial charge in [-0.1, -0.05) is 13.0 Å². The third-order valence-electron chi connectivity index (χ3n) is 3.92. The Balaban J connectivity index is 1.67. The van der Waals surface area contributed by atoms with Gasteiger partial charge in [-0.15, -0.1) is 11.3 Å². The van der Waals surface area contributed by atoms with Crippen molar-refractivity contribution in [2.45, 2.75) is 32.7 Å². The number of nitrogens with one attached hydrogen (secondary N) is 2. The number of thiophene rings is 1. The molecule has 2 heterocycles. The molecule has 0 bridgehead atoms. The number of amides is 2. The van der Waals surface area contributed by atoms with E-state index in [0.717, 1.165) is 26.1 Å². The van der Waals surface area contributed by atoms with Gasteiger partial charge >= 0.3 is 0 Å². The Kier molecular flexibility index (Phi) is 6.86. The minimum absolute atomic E-state index is 0.0816. The Morgan fingerprint density at radius 2 is 2.23 bits per heavy atom. The highest BCUT2D eigenvalue weighted by Gasteiger charge is 2.20. The van der Waals surface area contributed by atoms with Crippen LogP contribution in [0.2, 0.25) is 0 Å². The molecule has 1 aliphatic heterocycles. The predicted molar refractivity (Wildman–Crippen MR) is 88.6 cm³/mol. The lowest BCUT2D eigenvalue weighted by Crippen LogP contribution is -2.43. The van der Waals surface area contributed by atoms with Crippen molar-refractivity contribution in [1.82, 2.24) is 15.5 Å². The smallest absolute Gasteiger partial charge is 0.239 e. The van der Waals surface area contributed by atoms with Crippen LogP contribution in [0.1, 0.15) is 31.1 Å². The first-order valence-corrected chi connectivity index (χ1v) is 8.83. The number of nitrogens with zero attached hydrogens (tertiary/aromatic N) is 1. The minimum Gasteiger partial charge on any atom is -0.354 e. The number of hydrogen-bond donors (Lipinski definition) is 2. The van der Waals surface area contributed by atoms with Gasteiger partial charge in [-0.25, -0.2) is 0 Å². The van der Waals surface area contributed by atoms with Crippen LogP contribution in [0.4, 0.5) is 0 Å². The molecule has 1 fully saturated rings. The third kappa shape index (κ3) is 5.77. The first kappa shape index (κ1) is 17.0. The molecule has 0 spiro atoms. The van der Waals surface area contributed by atoms with E-state index in [0.29, 0.717) is 18.9 Å². The van der Waals surface area contributed by atoms with Crippen molar-refractivity contribution in [3.63, 3.8) is 0 Å². The van der Waals surface area contributed by atoms with Gasteiger partial charge in [-0.2, -0.15) is 0 Å². The average molecular weight is 323 g/mol. The zero-order valence-corrected chi connectivity index (χ0v) is 14.0. The largest absolute Gasteiger partial charge is 0.354 e. The van der Waals surface area contributed by atoms with Crippen molar-refractivity contribution >= 4 is 23.2 Å². The van der Waals surface area contributed by atoms with Crippen LogP contribution in [-0.4, -0.2) is 42.9 Å². The van der Waals surface area contributed by atoms with Crippen LogP contribution in [0, 0.1) is 5.92 Å². The van der Waals surface area contributed by atoms with Crippen molar-refractivity contribution in [3.8, 4) is 0 Å². The van der Waals surface area contributed by atoms with Gasteiger partial charge in [0.2, 0.25) is 11.8 Å². The molecule has 0 saturated carbocycles. The monoisotopic (exact) mass is 323 g/mol. The van der Waals surface area contributed by atoms with E-state index in [1.807, 2.05) is 0 Å². The quantitative estimate of drug-likeness (QED) is 0.801. The number of rotatable bonds is 7. The normalized spacial score (nSPS) is 18.9. The van der Waals surface area contributed by atoms with Crippen molar-refractivity contribution in [1.29, 1.82) is 0 Å². The molecular weight excluding hydrogens is 298 g/mol. The molecule has 1 atom stereocenters. The first-order valence-electron chi connectivity index (χ1n) is 7.95. The molecule has 1 aromatic rings. The highest BCUT2D eigenvalue weighted by atomic mass is 32.1. The zero-order chi connectivity index (χ0) is 15.8. The molecule has 1 aromatic heterocycles. The zero-order valence-electron chi connectivity index (χ0n) is 13.1. The van der Waals surface area contributed by atoms with E-state index in [1.165, 1.54) is 11.3 Å². The molecule has 2 N–H and O–H groups in total. The summed E-state index contributed by atoms with van der Waals surface area (Å²) in [6.07, 6.45) is 2.74. The molecule has 2 rings (SSSR count). The van der Waals surface area contributed by atoms with E-state index in [4.69, 9.17) is 0 Å². The second-order valence-corrected chi connectivity index (χ2v) is 6.79. The molecule has 2 amide bonds. The van der Waals surface area contributed by atoms with Gasteiger partial charge < -0.3 is 10.6 Å². The molecule has 0 aliphatic carbocycles. The van der Waals surface area contributed by atoms with E-state index < -0.39 is 0 Å². The maximum Gasteiger partial charge on any atom is 0.239 e. The van der Waals surface area contributed by atoms with Gasteiger partial charge in [-0.3, -0.25) is 14.5 Å². The summed E-state index contributed by atoms with van der Waals surface area (Å²) in [4.78, 5) is 26.7. The standard InChI is InChI=1S/C16H25N3O2S/c1-2-15(20)18-10-16(21)17-9-13-5-3-7-19(11-13)12-14-6-4-8-22-14/h4,6,8,13H,2-3,5,7,9-12H2,1H3,(H,17,21)(H,18,20)/t13-/m0/s1. The SMILES string of the molecule is CCC(=O)NCC(=O)NC[C@@H]1CCCN(Cc2cccs2)C1. The molecule has 1 aliphatic rings. The maximum absolute atomic E-state index is 11.7. The van der Waals surface area contributed by atoms with E-state index in [-0.39, 0.29) is 18.4 Å². The number of carbonyl (C=O) groups excluding carboxylic acids is 2. The lowest BCUT2D eigenvalue weighted by molar-refractivity contribution is -0.126. The summed E-state index contributed by atoms with van der Waals surface area (Å²) in [6, 6.07) is 4.26. The maximum atomic E-state index is 11.7. The Morgan fingerprint density at radius 3 is 2.95 bits per heavy atom. The van der Waals surface area contributed by atoms with E-state index in [2.05, 4.69) is 33.0 Å². The van der Waals surface area contributed by atoms with Gasteiger partial charge in [0.1, 0.15) is 0 Å². The molecule has 122 valence electrons. The van der Waals surface area contributed by atoms with Crippen LogP contribution in [0.3, 0.4) is 0 Å². The van der Waals surface area contributed by atoms with Crippen LogP contribution >= 0.6 is 11.3 Å². The number of hydrogen-bond acceptors (Lipinski definition) is 4. The van der Waals surface area contributed by atoms with Crippen LogP contribution < -0.4 is 10.6 Å². The lowest BCUT2D eigenvalue weighted by Gasteiger charge is -2.32. The fraction of sp³-hybridized carbons (Fsp3) is 0.625. The van der Waals surface area contributed by atoms with Crippen LogP contribution in [0.15, 0.2) is 17.5 Å². The number of likely N-dealkylation sites (tertiary alicyclic amines) is 1. The minimum atomic E-state index is -0.0998. The Labute approximate surface area is 136 Å². The molecule has 0 unspecified atom stereocenters. The van der Waals surface area contributed by atoms with Gasteiger partial charge in [0.25, 0.3) is 0 Å². The summed E-state index contributed by atoms with van der Waals surface area (Å²) in [6.45, 7) is 5.72. The van der Waals surface area contributed by atoms with Crippen molar-refractivity contribution in [3.05, 3.63) is 22.4 Å². The topological polar surface area (TPSA) is 61.4 Å². The lowest BCUT2D eigenvalue weighted by atomic mass is 9.98. The summed E-state index contributed by atoms with van der Waals surface area (Å²) in [5, 5.41) is 7.64. The second-order valence-electron chi connectivity index (χ2n) is 5.76. The average Bonchev–Trinajstić information content (AvgIpc) is 3.04. The van der Waals surface area contributed by atoms with Crippen LogP contribution in [0.25, 0.3) is 0 Å². The summed E-state index contributed by atoms with van der Waals surface area (Å²) >= 11 is 1.80. The number of piperidine rings is 1. The van der Waals surface area contributed by atoms with Gasteiger partial charge in [-0.05, 0) is 36.8 Å². The van der Waals surface area contributed by atoms with Crippen molar-refractivity contribution in [2.75, 3.05) is 26.2 Å². The number of carbonyl (C=O) groups is 2. The summed E-state index contributed by atoms with van der Waals surface area (Å²) < 4.78 is 0. The van der Waals surface area contributed by atoms with Crippen LogP contribution in [0.5, 0.6) is 0 Å². The van der Waals surface area contributed by atoms with E-state index in [9.17, 15) is 9.59 Å². The Morgan fingerprint density at radius 1 is 1.36 bits per heavy atom. The van der Waals surface area contributed by atoms with E-state index >= 15 is 0 Å². The fourth-order valence-electron chi connectivity index (χ4n) is 2.71. The van der Waals surface area contributed by atoms with Gasteiger partial charge in [0, 0.05) is 30.9 Å². The Hall–Kier alpha value is -1.40. The molecule has 0 aromatic carbocycles. The second kappa shape index (κ2) is 8.90. The third-order valence-corrected chi connectivity index (χ3v) is 4.78. The molecule has 5 nitrogen and oxygen atoms in total. The van der Waals surface area contributed by atoms with Crippen molar-refractivity contribution in [2.24, 2.45) is 5.92 Å². The summed E-state index contributed by atoms with van der Waals surface area (Å²) in [5.74, 6) is 0.312. The fourth-order valence-corrected chi connectivity index (χ4v) is 3.46. The summed E-state index contributed by atoms with van der Waals surface area (Å²) in [7, 11) is 0. The predicted octanol–water partition coefficient (Wildman–Crippen LogP) is 1.60.